The highest BCUT2D eigenvalue weighted by atomic mass is 32.1. The van der Waals surface area contributed by atoms with Crippen LogP contribution in [0.3, 0.4) is 0 Å². The molecule has 1 fully saturated rings. The monoisotopic (exact) mass is 303 g/mol. The van der Waals surface area contributed by atoms with Crippen molar-refractivity contribution in [2.45, 2.75) is 11.4 Å². The SMILES string of the molecule is O=C1C2=CC=CCC=C2C(=O)N1c1c(S)[nH]c(=O)[nH]c1=O. The number of aromatic nitrogens is 2. The molecule has 2 amide bonds. The van der Waals surface area contributed by atoms with Crippen LogP contribution in [0.25, 0.3) is 0 Å². The zero-order valence-electron chi connectivity index (χ0n) is 10.5. The molecular weight excluding hydrogens is 294 g/mol. The second kappa shape index (κ2) is 4.74. The normalized spacial score (nSPS) is 17.5. The Labute approximate surface area is 123 Å². The maximum atomic E-state index is 12.4. The zero-order chi connectivity index (χ0) is 15.1. The molecule has 1 aromatic heterocycles. The van der Waals surface area contributed by atoms with Crippen LogP contribution >= 0.6 is 12.6 Å². The molecule has 106 valence electrons. The fourth-order valence-corrected chi connectivity index (χ4v) is 2.53. The van der Waals surface area contributed by atoms with Gasteiger partial charge in [-0.05, 0) is 12.5 Å². The number of H-pyrrole nitrogens is 2. The number of allylic oxidation sites excluding steroid dienone is 4. The lowest BCUT2D eigenvalue weighted by Gasteiger charge is -2.13. The van der Waals surface area contributed by atoms with Gasteiger partial charge in [-0.2, -0.15) is 0 Å². The zero-order valence-corrected chi connectivity index (χ0v) is 11.4. The van der Waals surface area contributed by atoms with E-state index in [9.17, 15) is 19.2 Å². The van der Waals surface area contributed by atoms with Crippen molar-refractivity contribution in [1.29, 1.82) is 0 Å². The van der Waals surface area contributed by atoms with Crippen LogP contribution in [0, 0.1) is 0 Å². The van der Waals surface area contributed by atoms with Crippen molar-refractivity contribution < 1.29 is 9.59 Å². The molecule has 2 heterocycles. The van der Waals surface area contributed by atoms with Crippen molar-refractivity contribution >= 4 is 30.1 Å². The summed E-state index contributed by atoms with van der Waals surface area (Å²) >= 11 is 3.97. The fourth-order valence-electron chi connectivity index (χ4n) is 2.23. The van der Waals surface area contributed by atoms with Gasteiger partial charge in [0.1, 0.15) is 10.7 Å². The molecule has 3 rings (SSSR count). The Morgan fingerprint density at radius 2 is 1.76 bits per heavy atom. The number of nitrogens with one attached hydrogen (secondary N) is 2. The Morgan fingerprint density at radius 3 is 2.48 bits per heavy atom. The topological polar surface area (TPSA) is 103 Å². The van der Waals surface area contributed by atoms with Gasteiger partial charge in [-0.3, -0.25) is 19.4 Å². The van der Waals surface area contributed by atoms with Crippen LogP contribution in [0.15, 0.2) is 50.1 Å². The summed E-state index contributed by atoms with van der Waals surface area (Å²) in [6.07, 6.45) is 7.13. The molecule has 1 aliphatic carbocycles. The summed E-state index contributed by atoms with van der Waals surface area (Å²) in [6, 6.07) is 0. The van der Waals surface area contributed by atoms with E-state index in [1.807, 2.05) is 4.98 Å². The van der Waals surface area contributed by atoms with Crippen molar-refractivity contribution in [3.63, 3.8) is 0 Å². The predicted octanol–water partition coefficient (Wildman–Crippen LogP) is 0.0378. The number of nitrogens with zero attached hydrogens (tertiary/aromatic N) is 1. The molecule has 0 bridgehead atoms. The Kier molecular flexibility index (Phi) is 3.02. The van der Waals surface area contributed by atoms with Crippen molar-refractivity contribution in [3.8, 4) is 0 Å². The highest BCUT2D eigenvalue weighted by molar-refractivity contribution is 7.80. The number of carbonyl (C=O) groups is 2. The molecule has 2 N–H and O–H groups in total. The molecule has 7 nitrogen and oxygen atoms in total. The fraction of sp³-hybridized carbons (Fsp3) is 0.0769. The first-order chi connectivity index (χ1) is 10.0. The molecule has 1 aromatic rings. The van der Waals surface area contributed by atoms with Gasteiger partial charge in [-0.25, -0.2) is 9.69 Å². The Balaban J connectivity index is 2.22. The van der Waals surface area contributed by atoms with Gasteiger partial charge >= 0.3 is 5.69 Å². The average molecular weight is 303 g/mol. The van der Waals surface area contributed by atoms with Gasteiger partial charge < -0.3 is 4.98 Å². The Bertz CT molecular complexity index is 872. The summed E-state index contributed by atoms with van der Waals surface area (Å²) in [6.45, 7) is 0. The standard InChI is InChI=1S/C13H9N3O4S/c17-9-8(10(21)15-13(20)14-9)16-11(18)6-4-2-1-3-5-7(6)12(16)19/h1-2,4-5H,3H2,(H3,14,15,17,20,21). The molecule has 1 aliphatic heterocycles. The Morgan fingerprint density at radius 1 is 1.05 bits per heavy atom. The number of amides is 2. The summed E-state index contributed by atoms with van der Waals surface area (Å²) in [5, 5.41) is -0.140. The van der Waals surface area contributed by atoms with Crippen LogP contribution in [-0.2, 0) is 9.59 Å². The number of rotatable bonds is 1. The van der Waals surface area contributed by atoms with Gasteiger partial charge in [-0.1, -0.05) is 18.2 Å². The molecule has 0 aromatic carbocycles. The third-order valence-electron chi connectivity index (χ3n) is 3.14. The number of fused-ring (bicyclic) bond motifs is 1. The van der Waals surface area contributed by atoms with Gasteiger partial charge in [0.25, 0.3) is 17.4 Å². The van der Waals surface area contributed by atoms with E-state index in [2.05, 4.69) is 17.6 Å². The first-order valence-electron chi connectivity index (χ1n) is 6.02. The van der Waals surface area contributed by atoms with E-state index in [1.165, 1.54) is 6.08 Å². The smallest absolute Gasteiger partial charge is 0.300 e. The summed E-state index contributed by atoms with van der Waals surface area (Å²) in [5.74, 6) is -1.23. The summed E-state index contributed by atoms with van der Waals surface area (Å²) in [7, 11) is 0. The van der Waals surface area contributed by atoms with E-state index in [0.29, 0.717) is 6.42 Å². The van der Waals surface area contributed by atoms with E-state index >= 15 is 0 Å². The molecule has 21 heavy (non-hydrogen) atoms. The summed E-state index contributed by atoms with van der Waals surface area (Å²) in [5.41, 5.74) is -1.44. The number of anilines is 1. The quantitative estimate of drug-likeness (QED) is 0.387. The van der Waals surface area contributed by atoms with E-state index in [0.717, 1.165) is 4.90 Å². The maximum absolute atomic E-state index is 12.4. The molecule has 0 atom stereocenters. The van der Waals surface area contributed by atoms with Crippen LogP contribution in [0.1, 0.15) is 6.42 Å². The largest absolute Gasteiger partial charge is 0.326 e. The maximum Gasteiger partial charge on any atom is 0.326 e. The minimum atomic E-state index is -0.848. The van der Waals surface area contributed by atoms with Crippen LogP contribution in [0.4, 0.5) is 5.69 Å². The molecule has 0 unspecified atom stereocenters. The number of imide groups is 1. The molecule has 0 saturated carbocycles. The molecule has 2 aliphatic rings. The van der Waals surface area contributed by atoms with E-state index in [-0.39, 0.29) is 21.9 Å². The highest BCUT2D eigenvalue weighted by Crippen LogP contribution is 2.31. The predicted molar refractivity (Wildman–Crippen MR) is 77.4 cm³/mol. The van der Waals surface area contributed by atoms with Crippen molar-refractivity contribution in [2.75, 3.05) is 4.90 Å². The van der Waals surface area contributed by atoms with Gasteiger partial charge in [0.05, 0.1) is 5.57 Å². The van der Waals surface area contributed by atoms with E-state index in [4.69, 9.17) is 0 Å². The number of thiol groups is 1. The number of hydrogen-bond donors (Lipinski definition) is 3. The van der Waals surface area contributed by atoms with Gasteiger partial charge in [0.15, 0.2) is 0 Å². The molecule has 1 saturated heterocycles. The summed E-state index contributed by atoms with van der Waals surface area (Å²) in [4.78, 5) is 52.8. The van der Waals surface area contributed by atoms with Gasteiger partial charge in [0, 0.05) is 5.57 Å². The minimum Gasteiger partial charge on any atom is -0.300 e. The molecule has 0 spiro atoms. The van der Waals surface area contributed by atoms with Crippen molar-refractivity contribution in [2.24, 2.45) is 0 Å². The van der Waals surface area contributed by atoms with Crippen LogP contribution in [0.5, 0.6) is 0 Å². The first-order valence-corrected chi connectivity index (χ1v) is 6.47. The van der Waals surface area contributed by atoms with Crippen LogP contribution in [-0.4, -0.2) is 21.8 Å². The molecule has 8 heteroatoms. The van der Waals surface area contributed by atoms with Crippen LogP contribution in [0.2, 0.25) is 0 Å². The molecular formula is C13H9N3O4S. The van der Waals surface area contributed by atoms with Crippen LogP contribution < -0.4 is 16.1 Å². The van der Waals surface area contributed by atoms with Crippen molar-refractivity contribution in [3.05, 3.63) is 56.3 Å². The number of aromatic amines is 2. The number of hydrogen-bond acceptors (Lipinski definition) is 5. The van der Waals surface area contributed by atoms with Gasteiger partial charge in [0.2, 0.25) is 0 Å². The second-order valence-corrected chi connectivity index (χ2v) is 4.86. The second-order valence-electron chi connectivity index (χ2n) is 4.41. The van der Waals surface area contributed by atoms with E-state index < -0.39 is 23.1 Å². The molecule has 0 radical (unpaired) electrons. The van der Waals surface area contributed by atoms with Gasteiger partial charge in [-0.15, -0.1) is 12.6 Å². The summed E-state index contributed by atoms with van der Waals surface area (Å²) < 4.78 is 0. The third kappa shape index (κ3) is 2.00. The Hall–Kier alpha value is -2.61. The van der Waals surface area contributed by atoms with Crippen molar-refractivity contribution in [1.82, 2.24) is 9.97 Å². The first kappa shape index (κ1) is 13.4. The lowest BCUT2D eigenvalue weighted by atomic mass is 10.1. The lowest BCUT2D eigenvalue weighted by Crippen LogP contribution is -2.37. The van der Waals surface area contributed by atoms with E-state index in [1.54, 1.807) is 18.2 Å². The lowest BCUT2D eigenvalue weighted by molar-refractivity contribution is -0.119. The third-order valence-corrected chi connectivity index (χ3v) is 3.46. The number of carbonyl (C=O) groups excluding carboxylic acids is 2. The highest BCUT2D eigenvalue weighted by Gasteiger charge is 2.41. The minimum absolute atomic E-state index is 0.140. The average Bonchev–Trinajstić information content (AvgIpc) is 2.61.